The summed E-state index contributed by atoms with van der Waals surface area (Å²) < 4.78 is 12.8. The SMILES string of the molecule is CN1CCN(c2ccc(F)cc2)CC1CC#N. The number of nitriles is 1. The first kappa shape index (κ1) is 11.9. The molecule has 1 aliphatic rings. The first-order valence-corrected chi connectivity index (χ1v) is 5.78. The third-order valence-electron chi connectivity index (χ3n) is 3.30. The molecule has 17 heavy (non-hydrogen) atoms. The lowest BCUT2D eigenvalue weighted by Crippen LogP contribution is -2.51. The van der Waals surface area contributed by atoms with Gasteiger partial charge in [-0.3, -0.25) is 4.90 Å². The molecule has 1 aliphatic heterocycles. The summed E-state index contributed by atoms with van der Waals surface area (Å²) in [6.07, 6.45) is 0.536. The van der Waals surface area contributed by atoms with E-state index in [1.165, 1.54) is 12.1 Å². The minimum Gasteiger partial charge on any atom is -0.369 e. The summed E-state index contributed by atoms with van der Waals surface area (Å²) in [4.78, 5) is 4.42. The van der Waals surface area contributed by atoms with E-state index in [-0.39, 0.29) is 11.9 Å². The van der Waals surface area contributed by atoms with Gasteiger partial charge in [-0.25, -0.2) is 4.39 Å². The molecule has 0 bridgehead atoms. The molecule has 90 valence electrons. The van der Waals surface area contributed by atoms with Crippen LogP contribution in [0.25, 0.3) is 0 Å². The van der Waals surface area contributed by atoms with Crippen molar-refractivity contribution >= 4 is 5.69 Å². The Hall–Kier alpha value is -1.60. The summed E-state index contributed by atoms with van der Waals surface area (Å²) in [5.74, 6) is -0.212. The Balaban J connectivity index is 2.08. The molecule has 0 N–H and O–H groups in total. The van der Waals surface area contributed by atoms with Crippen molar-refractivity contribution in [2.75, 3.05) is 31.6 Å². The van der Waals surface area contributed by atoms with Crippen LogP contribution in [0.4, 0.5) is 10.1 Å². The van der Waals surface area contributed by atoms with Crippen LogP contribution in [0.15, 0.2) is 24.3 Å². The maximum absolute atomic E-state index is 12.8. The highest BCUT2D eigenvalue weighted by Crippen LogP contribution is 2.19. The predicted molar refractivity (Wildman–Crippen MR) is 65.3 cm³/mol. The van der Waals surface area contributed by atoms with E-state index in [1.54, 1.807) is 12.1 Å². The van der Waals surface area contributed by atoms with Crippen molar-refractivity contribution in [1.29, 1.82) is 5.26 Å². The second-order valence-electron chi connectivity index (χ2n) is 4.42. The maximum atomic E-state index is 12.8. The fourth-order valence-electron chi connectivity index (χ4n) is 2.16. The zero-order chi connectivity index (χ0) is 12.3. The molecule has 0 amide bonds. The molecule has 0 saturated carbocycles. The largest absolute Gasteiger partial charge is 0.369 e. The lowest BCUT2D eigenvalue weighted by atomic mass is 10.1. The van der Waals surface area contributed by atoms with Crippen molar-refractivity contribution in [2.45, 2.75) is 12.5 Å². The highest BCUT2D eigenvalue weighted by atomic mass is 19.1. The maximum Gasteiger partial charge on any atom is 0.123 e. The lowest BCUT2D eigenvalue weighted by Gasteiger charge is -2.39. The average molecular weight is 233 g/mol. The van der Waals surface area contributed by atoms with E-state index in [4.69, 9.17) is 5.26 Å². The summed E-state index contributed by atoms with van der Waals surface area (Å²) in [6.45, 7) is 2.68. The zero-order valence-corrected chi connectivity index (χ0v) is 9.93. The van der Waals surface area contributed by atoms with Gasteiger partial charge >= 0.3 is 0 Å². The summed E-state index contributed by atoms with van der Waals surface area (Å²) in [6, 6.07) is 9.03. The van der Waals surface area contributed by atoms with Gasteiger partial charge in [-0.05, 0) is 31.3 Å². The molecular weight excluding hydrogens is 217 g/mol. The van der Waals surface area contributed by atoms with Crippen LogP contribution in [0, 0.1) is 17.1 Å². The predicted octanol–water partition coefficient (Wildman–Crippen LogP) is 1.86. The van der Waals surface area contributed by atoms with Crippen LogP contribution in [0.1, 0.15) is 6.42 Å². The van der Waals surface area contributed by atoms with E-state index in [0.717, 1.165) is 25.3 Å². The number of benzene rings is 1. The molecule has 1 aromatic carbocycles. The molecule has 4 heteroatoms. The Morgan fingerprint density at radius 3 is 2.71 bits per heavy atom. The highest BCUT2D eigenvalue weighted by molar-refractivity contribution is 5.47. The Morgan fingerprint density at radius 1 is 1.35 bits per heavy atom. The molecule has 2 rings (SSSR count). The van der Waals surface area contributed by atoms with Gasteiger partial charge in [0.2, 0.25) is 0 Å². The van der Waals surface area contributed by atoms with Crippen molar-refractivity contribution in [1.82, 2.24) is 4.90 Å². The molecule has 0 spiro atoms. The number of hydrogen-bond acceptors (Lipinski definition) is 3. The Bertz CT molecular complexity index is 410. The van der Waals surface area contributed by atoms with E-state index in [1.807, 2.05) is 7.05 Å². The highest BCUT2D eigenvalue weighted by Gasteiger charge is 2.24. The van der Waals surface area contributed by atoms with Crippen molar-refractivity contribution in [3.05, 3.63) is 30.1 Å². The molecule has 0 aliphatic carbocycles. The minimum absolute atomic E-state index is 0.212. The van der Waals surface area contributed by atoms with E-state index in [2.05, 4.69) is 15.9 Å². The Kier molecular flexibility index (Phi) is 3.60. The van der Waals surface area contributed by atoms with Crippen molar-refractivity contribution in [3.63, 3.8) is 0 Å². The normalized spacial score (nSPS) is 21.2. The van der Waals surface area contributed by atoms with Gasteiger partial charge in [0.25, 0.3) is 0 Å². The number of piperazine rings is 1. The van der Waals surface area contributed by atoms with Gasteiger partial charge in [0.1, 0.15) is 5.82 Å². The molecule has 3 nitrogen and oxygen atoms in total. The van der Waals surface area contributed by atoms with E-state index in [9.17, 15) is 4.39 Å². The van der Waals surface area contributed by atoms with Gasteiger partial charge in [0, 0.05) is 31.4 Å². The first-order chi connectivity index (χ1) is 8.20. The van der Waals surface area contributed by atoms with Crippen LogP contribution in [-0.2, 0) is 0 Å². The second kappa shape index (κ2) is 5.15. The lowest BCUT2D eigenvalue weighted by molar-refractivity contribution is 0.221. The van der Waals surface area contributed by atoms with Gasteiger partial charge < -0.3 is 4.90 Å². The van der Waals surface area contributed by atoms with Crippen LogP contribution in [-0.4, -0.2) is 37.6 Å². The standard InChI is InChI=1S/C13H16FN3/c1-16-8-9-17(10-13(16)6-7-15)12-4-2-11(14)3-5-12/h2-5,13H,6,8-10H2,1H3. The zero-order valence-electron chi connectivity index (χ0n) is 9.93. The van der Waals surface area contributed by atoms with E-state index >= 15 is 0 Å². The van der Waals surface area contributed by atoms with Crippen LogP contribution in [0.2, 0.25) is 0 Å². The second-order valence-corrected chi connectivity index (χ2v) is 4.42. The smallest absolute Gasteiger partial charge is 0.123 e. The first-order valence-electron chi connectivity index (χ1n) is 5.78. The van der Waals surface area contributed by atoms with Gasteiger partial charge in [-0.2, -0.15) is 5.26 Å². The van der Waals surface area contributed by atoms with Gasteiger partial charge in [0.05, 0.1) is 12.5 Å². The molecule has 1 heterocycles. The molecular formula is C13H16FN3. The number of anilines is 1. The minimum atomic E-state index is -0.212. The van der Waals surface area contributed by atoms with Crippen LogP contribution < -0.4 is 4.90 Å². The fourth-order valence-corrected chi connectivity index (χ4v) is 2.16. The molecule has 1 aromatic rings. The monoisotopic (exact) mass is 233 g/mol. The third kappa shape index (κ3) is 2.75. The van der Waals surface area contributed by atoms with Crippen molar-refractivity contribution < 1.29 is 4.39 Å². The number of halogens is 1. The van der Waals surface area contributed by atoms with Crippen molar-refractivity contribution in [3.8, 4) is 6.07 Å². The third-order valence-corrected chi connectivity index (χ3v) is 3.30. The van der Waals surface area contributed by atoms with Gasteiger partial charge in [-0.1, -0.05) is 0 Å². The van der Waals surface area contributed by atoms with Crippen LogP contribution in [0.3, 0.4) is 0 Å². The Morgan fingerprint density at radius 2 is 2.06 bits per heavy atom. The topological polar surface area (TPSA) is 30.3 Å². The van der Waals surface area contributed by atoms with Crippen LogP contribution in [0.5, 0.6) is 0 Å². The number of nitrogens with zero attached hydrogens (tertiary/aromatic N) is 3. The molecule has 0 aromatic heterocycles. The summed E-state index contributed by atoms with van der Waals surface area (Å²) in [7, 11) is 2.05. The average Bonchev–Trinajstić information content (AvgIpc) is 2.33. The summed E-state index contributed by atoms with van der Waals surface area (Å²) >= 11 is 0. The number of likely N-dealkylation sites (N-methyl/N-ethyl adjacent to an activating group) is 1. The van der Waals surface area contributed by atoms with Gasteiger partial charge in [0.15, 0.2) is 0 Å². The Labute approximate surface area is 101 Å². The quantitative estimate of drug-likeness (QED) is 0.781. The molecule has 1 fully saturated rings. The summed E-state index contributed by atoms with van der Waals surface area (Å²) in [5, 5.41) is 8.78. The van der Waals surface area contributed by atoms with Gasteiger partial charge in [-0.15, -0.1) is 0 Å². The van der Waals surface area contributed by atoms with E-state index in [0.29, 0.717) is 6.42 Å². The van der Waals surface area contributed by atoms with E-state index < -0.39 is 0 Å². The number of hydrogen-bond donors (Lipinski definition) is 0. The molecule has 1 atom stereocenters. The molecule has 1 saturated heterocycles. The molecule has 1 unspecified atom stereocenters. The van der Waals surface area contributed by atoms with Crippen molar-refractivity contribution in [2.24, 2.45) is 0 Å². The van der Waals surface area contributed by atoms with Crippen LogP contribution >= 0.6 is 0 Å². The fraction of sp³-hybridized carbons (Fsp3) is 0.462. The summed E-state index contributed by atoms with van der Waals surface area (Å²) in [5.41, 5.74) is 1.03. The number of rotatable bonds is 2. The molecule has 0 radical (unpaired) electrons.